The lowest BCUT2D eigenvalue weighted by Gasteiger charge is -2.09. The lowest BCUT2D eigenvalue weighted by molar-refractivity contribution is 0.602. The van der Waals surface area contributed by atoms with E-state index in [1.54, 1.807) is 6.07 Å². The van der Waals surface area contributed by atoms with E-state index >= 15 is 0 Å². The highest BCUT2D eigenvalue weighted by Gasteiger charge is 2.14. The van der Waals surface area contributed by atoms with Crippen LogP contribution in [-0.2, 0) is 9.84 Å². The Bertz CT molecular complexity index is 692. The van der Waals surface area contributed by atoms with Crippen LogP contribution in [0.5, 0.6) is 0 Å². The van der Waals surface area contributed by atoms with E-state index < -0.39 is 9.84 Å². The minimum absolute atomic E-state index is 0.185. The number of hydrogen-bond acceptors (Lipinski definition) is 4. The summed E-state index contributed by atoms with van der Waals surface area (Å²) in [6.45, 7) is 2.02. The van der Waals surface area contributed by atoms with Gasteiger partial charge in [0.05, 0.1) is 10.6 Å². The molecule has 0 radical (unpaired) electrons. The van der Waals surface area contributed by atoms with Crippen molar-refractivity contribution >= 4 is 27.3 Å². The van der Waals surface area contributed by atoms with Crippen molar-refractivity contribution in [3.63, 3.8) is 0 Å². The van der Waals surface area contributed by atoms with Gasteiger partial charge in [0.15, 0.2) is 9.84 Å². The van der Waals surface area contributed by atoms with E-state index in [0.717, 1.165) is 9.79 Å². The minimum atomic E-state index is -3.29. The Labute approximate surface area is 117 Å². The van der Waals surface area contributed by atoms with E-state index in [4.69, 9.17) is 5.73 Å². The molecule has 0 amide bonds. The number of rotatable bonds is 3. The van der Waals surface area contributed by atoms with Gasteiger partial charge in [-0.05, 0) is 31.2 Å². The molecule has 0 aliphatic heterocycles. The molecule has 2 aromatic carbocycles. The van der Waals surface area contributed by atoms with Crippen LogP contribution in [-0.4, -0.2) is 14.7 Å². The Morgan fingerprint density at radius 3 is 2.26 bits per heavy atom. The average Bonchev–Trinajstić information content (AvgIpc) is 2.33. The van der Waals surface area contributed by atoms with Gasteiger partial charge in [-0.1, -0.05) is 35.5 Å². The molecule has 2 rings (SSSR count). The Hall–Kier alpha value is -1.46. The zero-order valence-electron chi connectivity index (χ0n) is 10.8. The van der Waals surface area contributed by atoms with Gasteiger partial charge in [0.2, 0.25) is 0 Å². The van der Waals surface area contributed by atoms with Gasteiger partial charge < -0.3 is 5.73 Å². The summed E-state index contributed by atoms with van der Waals surface area (Å²) in [6, 6.07) is 13.1. The number of hydrogen-bond donors (Lipinski definition) is 1. The van der Waals surface area contributed by atoms with E-state index in [-0.39, 0.29) is 4.90 Å². The minimum Gasteiger partial charge on any atom is -0.397 e. The Morgan fingerprint density at radius 2 is 1.68 bits per heavy atom. The second-order valence-electron chi connectivity index (χ2n) is 4.36. The summed E-state index contributed by atoms with van der Waals surface area (Å²) in [6.07, 6.45) is 1.17. The molecular formula is C14H15NO2S2. The molecule has 100 valence electrons. The van der Waals surface area contributed by atoms with Crippen molar-refractivity contribution in [2.75, 3.05) is 12.0 Å². The summed E-state index contributed by atoms with van der Waals surface area (Å²) in [5.41, 5.74) is 7.45. The summed E-state index contributed by atoms with van der Waals surface area (Å²) in [7, 11) is -3.29. The second-order valence-corrected chi connectivity index (χ2v) is 7.45. The first-order valence-corrected chi connectivity index (χ1v) is 8.42. The Kier molecular flexibility index (Phi) is 3.87. The summed E-state index contributed by atoms with van der Waals surface area (Å²) in [4.78, 5) is 1.97. The predicted molar refractivity (Wildman–Crippen MR) is 79.3 cm³/mol. The summed E-state index contributed by atoms with van der Waals surface area (Å²) < 4.78 is 23.2. The molecular weight excluding hydrogens is 278 g/mol. The number of sulfone groups is 1. The first-order chi connectivity index (χ1) is 8.88. The average molecular weight is 293 g/mol. The normalized spacial score (nSPS) is 11.5. The van der Waals surface area contributed by atoms with Gasteiger partial charge in [-0.2, -0.15) is 0 Å². The van der Waals surface area contributed by atoms with Gasteiger partial charge in [0.25, 0.3) is 0 Å². The van der Waals surface area contributed by atoms with Crippen molar-refractivity contribution in [1.29, 1.82) is 0 Å². The number of anilines is 1. The van der Waals surface area contributed by atoms with Gasteiger partial charge in [-0.25, -0.2) is 8.42 Å². The van der Waals surface area contributed by atoms with Gasteiger partial charge in [0.1, 0.15) is 0 Å². The van der Waals surface area contributed by atoms with Gasteiger partial charge in [-0.3, -0.25) is 0 Å². The molecule has 0 aliphatic carbocycles. The predicted octanol–water partition coefficient (Wildman–Crippen LogP) is 3.13. The van der Waals surface area contributed by atoms with Crippen LogP contribution in [0.3, 0.4) is 0 Å². The van der Waals surface area contributed by atoms with E-state index in [9.17, 15) is 8.42 Å². The molecule has 0 unspecified atom stereocenters. The Morgan fingerprint density at radius 1 is 1.05 bits per heavy atom. The maximum absolute atomic E-state index is 11.6. The molecule has 0 aromatic heterocycles. The van der Waals surface area contributed by atoms with Crippen LogP contribution in [0, 0.1) is 6.92 Å². The first-order valence-electron chi connectivity index (χ1n) is 5.71. The lowest BCUT2D eigenvalue weighted by Crippen LogP contribution is -2.03. The molecule has 5 heteroatoms. The summed E-state index contributed by atoms with van der Waals surface area (Å²) in [5.74, 6) is 0. The molecule has 2 N–H and O–H groups in total. The van der Waals surface area contributed by atoms with Crippen molar-refractivity contribution in [3.8, 4) is 0 Å². The second kappa shape index (κ2) is 5.27. The number of para-hydroxylation sites is 1. The number of aryl methyl sites for hydroxylation is 1. The van der Waals surface area contributed by atoms with Crippen LogP contribution < -0.4 is 5.73 Å². The molecule has 0 heterocycles. The van der Waals surface area contributed by atoms with E-state index in [2.05, 4.69) is 0 Å². The highest BCUT2D eigenvalue weighted by molar-refractivity contribution is 7.99. The molecule has 0 fully saturated rings. The molecule has 0 spiro atoms. The smallest absolute Gasteiger partial charge is 0.177 e. The van der Waals surface area contributed by atoms with Crippen LogP contribution in [0.25, 0.3) is 0 Å². The third-order valence-corrected chi connectivity index (χ3v) is 4.91. The SMILES string of the molecule is Cc1ccc(Sc2cccc(S(C)(=O)=O)c2N)cc1. The van der Waals surface area contributed by atoms with E-state index in [1.165, 1.54) is 29.6 Å². The molecule has 0 aliphatic rings. The van der Waals surface area contributed by atoms with Crippen LogP contribution >= 0.6 is 11.8 Å². The molecule has 3 nitrogen and oxygen atoms in total. The fourth-order valence-corrected chi connectivity index (χ4v) is 3.46. The van der Waals surface area contributed by atoms with Crippen LogP contribution in [0.15, 0.2) is 57.2 Å². The van der Waals surface area contributed by atoms with E-state index in [1.807, 2.05) is 37.3 Å². The van der Waals surface area contributed by atoms with Gasteiger partial charge in [0, 0.05) is 16.0 Å². The van der Waals surface area contributed by atoms with Gasteiger partial charge in [-0.15, -0.1) is 0 Å². The maximum Gasteiger partial charge on any atom is 0.177 e. The molecule has 0 saturated heterocycles. The molecule has 0 atom stereocenters. The standard InChI is InChI=1S/C14H15NO2S2/c1-10-6-8-11(9-7-10)18-12-4-3-5-13(14(12)15)19(2,16)17/h3-9H,15H2,1-2H3. The monoisotopic (exact) mass is 293 g/mol. The Balaban J connectivity index is 2.39. The number of nitrogen functional groups attached to an aromatic ring is 1. The molecule has 0 bridgehead atoms. The molecule has 2 aromatic rings. The zero-order valence-corrected chi connectivity index (χ0v) is 12.4. The van der Waals surface area contributed by atoms with Crippen molar-refractivity contribution in [1.82, 2.24) is 0 Å². The topological polar surface area (TPSA) is 60.2 Å². The lowest BCUT2D eigenvalue weighted by atomic mass is 10.2. The van der Waals surface area contributed by atoms with Gasteiger partial charge >= 0.3 is 0 Å². The number of benzene rings is 2. The first kappa shape index (κ1) is 14.0. The van der Waals surface area contributed by atoms with Crippen LogP contribution in [0.2, 0.25) is 0 Å². The fraction of sp³-hybridized carbons (Fsp3) is 0.143. The van der Waals surface area contributed by atoms with Crippen molar-refractivity contribution in [2.45, 2.75) is 21.6 Å². The van der Waals surface area contributed by atoms with Crippen molar-refractivity contribution < 1.29 is 8.42 Å². The summed E-state index contributed by atoms with van der Waals surface area (Å²) >= 11 is 1.46. The quantitative estimate of drug-likeness (QED) is 0.883. The summed E-state index contributed by atoms with van der Waals surface area (Å²) in [5, 5.41) is 0. The maximum atomic E-state index is 11.6. The highest BCUT2D eigenvalue weighted by Crippen LogP contribution is 2.35. The fourth-order valence-electron chi connectivity index (χ4n) is 1.67. The third kappa shape index (κ3) is 3.30. The third-order valence-electron chi connectivity index (χ3n) is 2.67. The van der Waals surface area contributed by atoms with E-state index in [0.29, 0.717) is 5.69 Å². The van der Waals surface area contributed by atoms with Crippen molar-refractivity contribution in [3.05, 3.63) is 48.0 Å². The largest absolute Gasteiger partial charge is 0.397 e. The highest BCUT2D eigenvalue weighted by atomic mass is 32.2. The van der Waals surface area contributed by atoms with Crippen molar-refractivity contribution in [2.24, 2.45) is 0 Å². The zero-order chi connectivity index (χ0) is 14.0. The molecule has 19 heavy (non-hydrogen) atoms. The molecule has 0 saturated carbocycles. The van der Waals surface area contributed by atoms with Crippen LogP contribution in [0.4, 0.5) is 5.69 Å². The van der Waals surface area contributed by atoms with Crippen LogP contribution in [0.1, 0.15) is 5.56 Å². The number of nitrogens with two attached hydrogens (primary N) is 1.